The Hall–Kier alpha value is -3.74. The van der Waals surface area contributed by atoms with E-state index in [2.05, 4.69) is 4.57 Å². The topological polar surface area (TPSA) is 45.6 Å². The third-order valence-electron chi connectivity index (χ3n) is 6.21. The number of rotatable bonds is 6. The maximum Gasteiger partial charge on any atom is 0.270 e. The molecule has 36 heavy (non-hydrogen) atoms. The van der Waals surface area contributed by atoms with E-state index in [1.165, 1.54) is 9.80 Å². The third-order valence-corrected chi connectivity index (χ3v) is 6.98. The molecule has 5 rings (SSSR count). The van der Waals surface area contributed by atoms with E-state index < -0.39 is 5.91 Å². The normalized spacial score (nSPS) is 15.4. The van der Waals surface area contributed by atoms with E-state index in [0.29, 0.717) is 30.2 Å². The second-order valence-corrected chi connectivity index (χ2v) is 9.37. The number of carbonyl (C=O) groups excluding carboxylic acids is 2. The van der Waals surface area contributed by atoms with Crippen molar-refractivity contribution in [3.63, 3.8) is 0 Å². The first-order valence-corrected chi connectivity index (χ1v) is 12.6. The zero-order valence-corrected chi connectivity index (χ0v) is 21.3. The van der Waals surface area contributed by atoms with E-state index in [1.807, 2.05) is 92.0 Å². The average molecular weight is 514 g/mol. The van der Waals surface area contributed by atoms with Gasteiger partial charge in [0.2, 0.25) is 0 Å². The summed E-state index contributed by atoms with van der Waals surface area (Å²) in [5.41, 5.74) is 3.47. The summed E-state index contributed by atoms with van der Waals surface area (Å²) in [4.78, 5) is 30.1. The van der Waals surface area contributed by atoms with Gasteiger partial charge in [-0.1, -0.05) is 73.1 Å². The van der Waals surface area contributed by atoms with Crippen LogP contribution in [0.1, 0.15) is 24.5 Å². The molecule has 7 heteroatoms. The summed E-state index contributed by atoms with van der Waals surface area (Å²) in [5.74, 6) is -0.798. The highest BCUT2D eigenvalue weighted by Crippen LogP contribution is 2.30. The number of halogens is 1. The lowest BCUT2D eigenvalue weighted by Crippen LogP contribution is -2.56. The minimum absolute atomic E-state index is 0.0848. The fraction of sp³-hybridized carbons (Fsp3) is 0.138. The number of para-hydroxylation sites is 2. The number of amides is 2. The Balaban J connectivity index is 1.62. The molecule has 0 aliphatic carbocycles. The van der Waals surface area contributed by atoms with E-state index in [0.717, 1.165) is 22.0 Å². The summed E-state index contributed by atoms with van der Waals surface area (Å²) in [6.45, 7) is 2.97. The fourth-order valence-electron chi connectivity index (χ4n) is 4.49. The van der Waals surface area contributed by atoms with Crippen molar-refractivity contribution < 1.29 is 9.59 Å². The van der Waals surface area contributed by atoms with E-state index in [1.54, 1.807) is 6.08 Å². The van der Waals surface area contributed by atoms with Gasteiger partial charge in [0.05, 0.1) is 5.69 Å². The first kappa shape index (κ1) is 24.0. The molecule has 0 radical (unpaired) electrons. The van der Waals surface area contributed by atoms with Crippen molar-refractivity contribution in [2.24, 2.45) is 0 Å². The number of hydrogen-bond donors (Lipinski definition) is 0. The van der Waals surface area contributed by atoms with Crippen LogP contribution in [0.15, 0.2) is 90.6 Å². The predicted molar refractivity (Wildman–Crippen MR) is 149 cm³/mol. The van der Waals surface area contributed by atoms with Crippen molar-refractivity contribution in [3.8, 4) is 0 Å². The molecule has 0 bridgehead atoms. The lowest BCUT2D eigenvalue weighted by molar-refractivity contribution is -0.127. The van der Waals surface area contributed by atoms with Gasteiger partial charge in [-0.05, 0) is 54.5 Å². The van der Waals surface area contributed by atoms with Crippen LogP contribution in [0, 0.1) is 0 Å². The summed E-state index contributed by atoms with van der Waals surface area (Å²) >= 11 is 12.0. The van der Waals surface area contributed by atoms with Crippen LogP contribution in [0.2, 0.25) is 5.02 Å². The van der Waals surface area contributed by atoms with Gasteiger partial charge in [-0.25, -0.2) is 0 Å². The summed E-state index contributed by atoms with van der Waals surface area (Å²) < 4.78 is 2.09. The molecule has 1 aliphatic rings. The molecule has 0 N–H and O–H groups in total. The SMILES string of the molecule is CCCN1C(=O)/C(=C\c2cn(Cc3ccccc3Cl)c3ccccc23)C(=O)N(c2ccccc2)C1=S. The molecule has 1 aliphatic heterocycles. The van der Waals surface area contributed by atoms with Crippen LogP contribution in [0.25, 0.3) is 17.0 Å². The van der Waals surface area contributed by atoms with Gasteiger partial charge in [0, 0.05) is 40.8 Å². The molecule has 2 heterocycles. The average Bonchev–Trinajstić information content (AvgIpc) is 3.23. The summed E-state index contributed by atoms with van der Waals surface area (Å²) in [6, 6.07) is 24.9. The van der Waals surface area contributed by atoms with Crippen LogP contribution in [0.5, 0.6) is 0 Å². The maximum atomic E-state index is 13.7. The Labute approximate surface area is 220 Å². The smallest absolute Gasteiger partial charge is 0.270 e. The summed E-state index contributed by atoms with van der Waals surface area (Å²) in [5, 5.41) is 1.84. The molecule has 4 aromatic rings. The predicted octanol–water partition coefficient (Wildman–Crippen LogP) is 6.30. The van der Waals surface area contributed by atoms with Crippen LogP contribution in [-0.4, -0.2) is 32.9 Å². The number of benzene rings is 3. The standard InChI is InChI=1S/C29H24ClN3O2S/c1-2-16-32-27(34)24(28(35)33(29(32)36)22-11-4-3-5-12-22)17-21-19-31(26-15-9-7-13-23(21)26)18-20-10-6-8-14-25(20)30/h3-15,17,19H,2,16,18H2,1H3/b24-17+. The number of nitrogens with zero attached hydrogens (tertiary/aromatic N) is 3. The van der Waals surface area contributed by atoms with Gasteiger partial charge >= 0.3 is 0 Å². The van der Waals surface area contributed by atoms with Crippen LogP contribution in [-0.2, 0) is 16.1 Å². The summed E-state index contributed by atoms with van der Waals surface area (Å²) in [6.07, 6.45) is 4.37. The third kappa shape index (κ3) is 4.34. The molecule has 0 unspecified atom stereocenters. The minimum atomic E-state index is -0.425. The molecule has 180 valence electrons. The van der Waals surface area contributed by atoms with Crippen molar-refractivity contribution in [3.05, 3.63) is 107 Å². The van der Waals surface area contributed by atoms with E-state index in [9.17, 15) is 9.59 Å². The Morgan fingerprint density at radius 2 is 1.58 bits per heavy atom. The van der Waals surface area contributed by atoms with E-state index >= 15 is 0 Å². The number of carbonyl (C=O) groups is 2. The second-order valence-electron chi connectivity index (χ2n) is 8.59. The van der Waals surface area contributed by atoms with E-state index in [4.69, 9.17) is 23.8 Å². The Morgan fingerprint density at radius 3 is 2.33 bits per heavy atom. The molecule has 0 saturated carbocycles. The molecule has 1 aromatic heterocycles. The molecular weight excluding hydrogens is 490 g/mol. The van der Waals surface area contributed by atoms with Crippen molar-refractivity contribution in [2.75, 3.05) is 11.4 Å². The Kier molecular flexibility index (Phi) is 6.72. The summed E-state index contributed by atoms with van der Waals surface area (Å²) in [7, 11) is 0. The van der Waals surface area contributed by atoms with Gasteiger partial charge in [0.15, 0.2) is 5.11 Å². The Bertz CT molecular complexity index is 1510. The Morgan fingerprint density at radius 1 is 0.889 bits per heavy atom. The highest BCUT2D eigenvalue weighted by atomic mass is 35.5. The van der Waals surface area contributed by atoms with Crippen LogP contribution < -0.4 is 4.90 Å². The maximum absolute atomic E-state index is 13.7. The highest BCUT2D eigenvalue weighted by Gasteiger charge is 2.40. The fourth-order valence-corrected chi connectivity index (χ4v) is 5.05. The number of anilines is 1. The second kappa shape index (κ2) is 10.1. The first-order chi connectivity index (χ1) is 17.5. The lowest BCUT2D eigenvalue weighted by Gasteiger charge is -2.36. The highest BCUT2D eigenvalue weighted by molar-refractivity contribution is 7.80. The lowest BCUT2D eigenvalue weighted by atomic mass is 10.0. The monoisotopic (exact) mass is 513 g/mol. The van der Waals surface area contributed by atoms with E-state index in [-0.39, 0.29) is 16.6 Å². The van der Waals surface area contributed by atoms with Gasteiger partial charge < -0.3 is 4.57 Å². The molecule has 1 fully saturated rings. The zero-order valence-electron chi connectivity index (χ0n) is 19.7. The zero-order chi connectivity index (χ0) is 25.2. The van der Waals surface area contributed by atoms with Crippen LogP contribution >= 0.6 is 23.8 Å². The quantitative estimate of drug-likeness (QED) is 0.173. The molecule has 1 saturated heterocycles. The number of aromatic nitrogens is 1. The minimum Gasteiger partial charge on any atom is -0.342 e. The van der Waals surface area contributed by atoms with Gasteiger partial charge in [-0.15, -0.1) is 0 Å². The van der Waals surface area contributed by atoms with Gasteiger partial charge in [0.25, 0.3) is 11.8 Å². The molecular formula is C29H24ClN3O2S. The number of fused-ring (bicyclic) bond motifs is 1. The van der Waals surface area contributed by atoms with Gasteiger partial charge in [-0.2, -0.15) is 0 Å². The first-order valence-electron chi connectivity index (χ1n) is 11.8. The molecule has 3 aromatic carbocycles. The van der Waals surface area contributed by atoms with Crippen molar-refractivity contribution >= 4 is 63.4 Å². The molecule has 0 atom stereocenters. The van der Waals surface area contributed by atoms with Crippen molar-refractivity contribution in [1.82, 2.24) is 9.47 Å². The molecule has 5 nitrogen and oxygen atoms in total. The number of thiocarbonyl (C=S) groups is 1. The van der Waals surface area contributed by atoms with Crippen molar-refractivity contribution in [1.29, 1.82) is 0 Å². The molecule has 2 amide bonds. The van der Waals surface area contributed by atoms with Crippen molar-refractivity contribution in [2.45, 2.75) is 19.9 Å². The van der Waals surface area contributed by atoms with Gasteiger partial charge in [-0.3, -0.25) is 19.4 Å². The largest absolute Gasteiger partial charge is 0.342 e. The van der Waals surface area contributed by atoms with Crippen LogP contribution in [0.3, 0.4) is 0 Å². The van der Waals surface area contributed by atoms with Crippen LogP contribution in [0.4, 0.5) is 5.69 Å². The molecule has 0 spiro atoms. The number of hydrogen-bond acceptors (Lipinski definition) is 3. The van der Waals surface area contributed by atoms with Gasteiger partial charge in [0.1, 0.15) is 5.57 Å².